The van der Waals surface area contributed by atoms with Crippen LogP contribution in [0.3, 0.4) is 0 Å². The molecule has 0 aliphatic carbocycles. The van der Waals surface area contributed by atoms with Crippen molar-refractivity contribution < 1.29 is 13.5 Å². The predicted octanol–water partition coefficient (Wildman–Crippen LogP) is 4.30. The molecule has 1 atom stereocenters. The summed E-state index contributed by atoms with van der Waals surface area (Å²) in [5, 5.41) is -0.730. The third-order valence-electron chi connectivity index (χ3n) is 2.62. The fourth-order valence-electron chi connectivity index (χ4n) is 1.68. The second-order valence-corrected chi connectivity index (χ2v) is 4.24. The van der Waals surface area contributed by atoms with Gasteiger partial charge in [0, 0.05) is 11.6 Å². The van der Waals surface area contributed by atoms with Gasteiger partial charge in [0.25, 0.3) is 0 Å². The summed E-state index contributed by atoms with van der Waals surface area (Å²) < 4.78 is 31.8. The highest BCUT2D eigenvalue weighted by Crippen LogP contribution is 2.32. The van der Waals surface area contributed by atoms with Gasteiger partial charge in [-0.05, 0) is 23.8 Å². The summed E-state index contributed by atoms with van der Waals surface area (Å²) in [4.78, 5) is 0. The zero-order valence-corrected chi connectivity index (χ0v) is 10.4. The number of alkyl halides is 1. The van der Waals surface area contributed by atoms with Gasteiger partial charge in [0.1, 0.15) is 17.4 Å². The quantitative estimate of drug-likeness (QED) is 0.754. The first-order chi connectivity index (χ1) is 8.61. The molecule has 0 fully saturated rings. The molecule has 0 bridgehead atoms. The first-order valence-corrected chi connectivity index (χ1v) is 5.78. The monoisotopic (exact) mass is 268 g/mol. The Morgan fingerprint density at radius 1 is 1.11 bits per heavy atom. The van der Waals surface area contributed by atoms with Crippen LogP contribution in [0.4, 0.5) is 8.78 Å². The molecule has 0 spiro atoms. The molecule has 4 heteroatoms. The lowest BCUT2D eigenvalue weighted by atomic mass is 10.0. The van der Waals surface area contributed by atoms with Gasteiger partial charge in [-0.15, -0.1) is 11.6 Å². The van der Waals surface area contributed by atoms with E-state index in [1.807, 2.05) is 0 Å². The fraction of sp³-hybridized carbons (Fsp3) is 0.143. The van der Waals surface area contributed by atoms with E-state index in [9.17, 15) is 8.78 Å². The van der Waals surface area contributed by atoms with E-state index in [4.69, 9.17) is 16.3 Å². The highest BCUT2D eigenvalue weighted by molar-refractivity contribution is 6.22. The molecule has 0 saturated carbocycles. The molecular formula is C14H11ClF2O. The van der Waals surface area contributed by atoms with E-state index in [0.29, 0.717) is 16.9 Å². The SMILES string of the molecule is COc1ccc(C(Cl)c2cccc(F)c2)c(F)c1. The maximum atomic E-state index is 13.8. The zero-order chi connectivity index (χ0) is 13.1. The number of hydrogen-bond acceptors (Lipinski definition) is 1. The minimum Gasteiger partial charge on any atom is -0.497 e. The smallest absolute Gasteiger partial charge is 0.131 e. The van der Waals surface area contributed by atoms with Crippen LogP contribution in [-0.2, 0) is 0 Å². The standard InChI is InChI=1S/C14H11ClF2O/c1-18-11-5-6-12(13(17)8-11)14(15)9-3-2-4-10(16)7-9/h2-8,14H,1H3. The van der Waals surface area contributed by atoms with Crippen LogP contribution in [0.2, 0.25) is 0 Å². The van der Waals surface area contributed by atoms with E-state index >= 15 is 0 Å². The summed E-state index contributed by atoms with van der Waals surface area (Å²) >= 11 is 6.16. The first kappa shape index (κ1) is 12.8. The van der Waals surface area contributed by atoms with E-state index in [1.165, 1.54) is 31.4 Å². The lowest BCUT2D eigenvalue weighted by Crippen LogP contribution is -1.98. The Hall–Kier alpha value is -1.61. The highest BCUT2D eigenvalue weighted by Gasteiger charge is 2.16. The second kappa shape index (κ2) is 5.36. The zero-order valence-electron chi connectivity index (χ0n) is 9.66. The fourth-order valence-corrected chi connectivity index (χ4v) is 2.00. The van der Waals surface area contributed by atoms with E-state index in [-0.39, 0.29) is 0 Å². The molecule has 1 nitrogen and oxygen atoms in total. The minimum atomic E-state index is -0.730. The van der Waals surface area contributed by atoms with Crippen molar-refractivity contribution in [3.63, 3.8) is 0 Å². The number of hydrogen-bond donors (Lipinski definition) is 0. The lowest BCUT2D eigenvalue weighted by molar-refractivity contribution is 0.410. The number of methoxy groups -OCH3 is 1. The third-order valence-corrected chi connectivity index (χ3v) is 3.11. The summed E-state index contributed by atoms with van der Waals surface area (Å²) in [5.41, 5.74) is 0.809. The Bertz CT molecular complexity index is 557. The lowest BCUT2D eigenvalue weighted by Gasteiger charge is -2.12. The Balaban J connectivity index is 2.37. The molecule has 1 unspecified atom stereocenters. The predicted molar refractivity (Wildman–Crippen MR) is 67.0 cm³/mol. The van der Waals surface area contributed by atoms with Crippen molar-refractivity contribution in [2.45, 2.75) is 5.38 Å². The maximum Gasteiger partial charge on any atom is 0.131 e. The van der Waals surface area contributed by atoms with Gasteiger partial charge in [-0.3, -0.25) is 0 Å². The number of rotatable bonds is 3. The van der Waals surface area contributed by atoms with Gasteiger partial charge in [0.2, 0.25) is 0 Å². The molecule has 0 saturated heterocycles. The van der Waals surface area contributed by atoms with Crippen LogP contribution in [0.25, 0.3) is 0 Å². The average Bonchev–Trinajstić information content (AvgIpc) is 2.37. The molecule has 0 radical (unpaired) electrons. The minimum absolute atomic E-state index is 0.295. The number of ether oxygens (including phenoxy) is 1. The van der Waals surface area contributed by atoms with Gasteiger partial charge in [-0.2, -0.15) is 0 Å². The van der Waals surface area contributed by atoms with Gasteiger partial charge < -0.3 is 4.74 Å². The summed E-state index contributed by atoms with van der Waals surface area (Å²) in [6.07, 6.45) is 0. The molecule has 2 rings (SSSR count). The van der Waals surface area contributed by atoms with Crippen molar-refractivity contribution in [3.8, 4) is 5.75 Å². The van der Waals surface area contributed by atoms with Crippen molar-refractivity contribution >= 4 is 11.6 Å². The summed E-state index contributed by atoms with van der Waals surface area (Å²) in [6, 6.07) is 10.2. The summed E-state index contributed by atoms with van der Waals surface area (Å²) in [5.74, 6) is -0.454. The van der Waals surface area contributed by atoms with Crippen molar-refractivity contribution in [2.24, 2.45) is 0 Å². The molecule has 0 N–H and O–H groups in total. The number of halogens is 3. The van der Waals surface area contributed by atoms with Gasteiger partial charge in [-0.25, -0.2) is 8.78 Å². The van der Waals surface area contributed by atoms with Crippen LogP contribution in [0.5, 0.6) is 5.75 Å². The normalized spacial score (nSPS) is 12.2. The van der Waals surface area contributed by atoms with Gasteiger partial charge in [0.15, 0.2) is 0 Å². The third kappa shape index (κ3) is 2.62. The molecule has 0 aromatic heterocycles. The Labute approximate surface area is 109 Å². The number of benzene rings is 2. The molecule has 0 amide bonds. The first-order valence-electron chi connectivity index (χ1n) is 5.35. The van der Waals surface area contributed by atoms with E-state index < -0.39 is 17.0 Å². The van der Waals surface area contributed by atoms with Crippen LogP contribution in [0.1, 0.15) is 16.5 Å². The largest absolute Gasteiger partial charge is 0.497 e. The molecule has 2 aromatic rings. The second-order valence-electron chi connectivity index (χ2n) is 3.81. The highest BCUT2D eigenvalue weighted by atomic mass is 35.5. The van der Waals surface area contributed by atoms with Crippen molar-refractivity contribution in [1.82, 2.24) is 0 Å². The molecule has 0 aliphatic heterocycles. The summed E-state index contributed by atoms with van der Waals surface area (Å²) in [7, 11) is 1.46. The van der Waals surface area contributed by atoms with E-state index in [0.717, 1.165) is 0 Å². The molecule has 0 heterocycles. The van der Waals surface area contributed by atoms with Crippen LogP contribution in [0.15, 0.2) is 42.5 Å². The van der Waals surface area contributed by atoms with Crippen LogP contribution >= 0.6 is 11.6 Å². The molecular weight excluding hydrogens is 258 g/mol. The van der Waals surface area contributed by atoms with Crippen LogP contribution < -0.4 is 4.74 Å². The Morgan fingerprint density at radius 2 is 1.89 bits per heavy atom. The van der Waals surface area contributed by atoms with Crippen molar-refractivity contribution in [1.29, 1.82) is 0 Å². The topological polar surface area (TPSA) is 9.23 Å². The van der Waals surface area contributed by atoms with Crippen molar-refractivity contribution in [2.75, 3.05) is 7.11 Å². The molecule has 18 heavy (non-hydrogen) atoms. The Kier molecular flexibility index (Phi) is 3.82. The van der Waals surface area contributed by atoms with E-state index in [2.05, 4.69) is 0 Å². The molecule has 2 aromatic carbocycles. The van der Waals surface area contributed by atoms with Crippen molar-refractivity contribution in [3.05, 3.63) is 65.2 Å². The van der Waals surface area contributed by atoms with Crippen LogP contribution in [0, 0.1) is 11.6 Å². The van der Waals surface area contributed by atoms with E-state index in [1.54, 1.807) is 18.2 Å². The van der Waals surface area contributed by atoms with Gasteiger partial charge >= 0.3 is 0 Å². The maximum absolute atomic E-state index is 13.8. The summed E-state index contributed by atoms with van der Waals surface area (Å²) in [6.45, 7) is 0. The molecule has 0 aliphatic rings. The Morgan fingerprint density at radius 3 is 2.50 bits per heavy atom. The van der Waals surface area contributed by atoms with Gasteiger partial charge in [0.05, 0.1) is 12.5 Å². The molecule has 94 valence electrons. The van der Waals surface area contributed by atoms with Crippen LogP contribution in [-0.4, -0.2) is 7.11 Å². The average molecular weight is 269 g/mol. The van der Waals surface area contributed by atoms with Gasteiger partial charge in [-0.1, -0.05) is 18.2 Å².